The third kappa shape index (κ3) is 5.12. The normalized spacial score (nSPS) is 10.3. The van der Waals surface area contributed by atoms with Crippen LogP contribution in [-0.2, 0) is 16.1 Å². The van der Waals surface area contributed by atoms with Crippen LogP contribution >= 0.6 is 0 Å². The molecular formula is C13H18FNO3. The third-order valence-electron chi connectivity index (χ3n) is 2.51. The Labute approximate surface area is 105 Å². The maximum Gasteiger partial charge on any atom is 0.326 e. The molecule has 0 saturated heterocycles. The average Bonchev–Trinajstić information content (AvgIpc) is 2.33. The number of carbonyl (C=O) groups is 1. The first kappa shape index (κ1) is 14.4. The van der Waals surface area contributed by atoms with E-state index in [1.807, 2.05) is 0 Å². The Hall–Kier alpha value is -1.65. The van der Waals surface area contributed by atoms with Crippen molar-refractivity contribution < 1.29 is 13.9 Å². The zero-order valence-electron chi connectivity index (χ0n) is 10.5. The van der Waals surface area contributed by atoms with Gasteiger partial charge in [0.1, 0.15) is 12.4 Å². The van der Waals surface area contributed by atoms with Crippen LogP contribution in [-0.4, -0.2) is 17.1 Å². The third-order valence-corrected chi connectivity index (χ3v) is 2.51. The quantitative estimate of drug-likeness (QED) is 0.554. The van der Waals surface area contributed by atoms with Crippen LogP contribution in [0, 0.1) is 5.82 Å². The van der Waals surface area contributed by atoms with Gasteiger partial charge in [-0.05, 0) is 12.5 Å². The van der Waals surface area contributed by atoms with E-state index in [-0.39, 0.29) is 6.54 Å². The topological polar surface area (TPSA) is 48.3 Å². The fourth-order valence-electron chi connectivity index (χ4n) is 1.53. The van der Waals surface area contributed by atoms with Gasteiger partial charge in [0.2, 0.25) is 0 Å². The van der Waals surface area contributed by atoms with Gasteiger partial charge in [-0.25, -0.2) is 4.39 Å². The van der Waals surface area contributed by atoms with Crippen molar-refractivity contribution in [1.82, 2.24) is 4.57 Å². The SMILES string of the molecule is CCCCCCOC(=O)Cn1cc(F)ccc1=O. The Balaban J connectivity index is 2.35. The summed E-state index contributed by atoms with van der Waals surface area (Å²) < 4.78 is 18.8. The summed E-state index contributed by atoms with van der Waals surface area (Å²) in [7, 11) is 0. The molecule has 0 unspecified atom stereocenters. The van der Waals surface area contributed by atoms with E-state index in [4.69, 9.17) is 4.74 Å². The molecule has 0 aliphatic heterocycles. The van der Waals surface area contributed by atoms with E-state index in [2.05, 4.69) is 6.92 Å². The molecule has 18 heavy (non-hydrogen) atoms. The highest BCUT2D eigenvalue weighted by Gasteiger charge is 2.06. The lowest BCUT2D eigenvalue weighted by Crippen LogP contribution is -2.24. The van der Waals surface area contributed by atoms with Gasteiger partial charge < -0.3 is 9.30 Å². The van der Waals surface area contributed by atoms with Crippen LogP contribution in [0.25, 0.3) is 0 Å². The lowest BCUT2D eigenvalue weighted by atomic mass is 10.2. The highest BCUT2D eigenvalue weighted by Crippen LogP contribution is 1.99. The average molecular weight is 255 g/mol. The number of unbranched alkanes of at least 4 members (excludes halogenated alkanes) is 3. The van der Waals surface area contributed by atoms with E-state index in [0.29, 0.717) is 6.61 Å². The van der Waals surface area contributed by atoms with Crippen LogP contribution in [0.3, 0.4) is 0 Å². The van der Waals surface area contributed by atoms with Gasteiger partial charge >= 0.3 is 5.97 Å². The number of aromatic nitrogens is 1. The second-order valence-electron chi connectivity index (χ2n) is 4.09. The zero-order chi connectivity index (χ0) is 13.4. The maximum absolute atomic E-state index is 12.9. The number of rotatable bonds is 7. The summed E-state index contributed by atoms with van der Waals surface area (Å²) in [6, 6.07) is 2.15. The number of esters is 1. The Morgan fingerprint density at radius 3 is 2.83 bits per heavy atom. The van der Waals surface area contributed by atoms with E-state index >= 15 is 0 Å². The Kier molecular flexibility index (Phi) is 6.11. The molecule has 0 radical (unpaired) electrons. The molecule has 100 valence electrons. The lowest BCUT2D eigenvalue weighted by Gasteiger charge is -2.06. The molecule has 1 rings (SSSR count). The largest absolute Gasteiger partial charge is 0.464 e. The second-order valence-corrected chi connectivity index (χ2v) is 4.09. The molecular weight excluding hydrogens is 237 g/mol. The summed E-state index contributed by atoms with van der Waals surface area (Å²) in [5.41, 5.74) is -0.417. The molecule has 0 saturated carbocycles. The van der Waals surface area contributed by atoms with Crippen molar-refractivity contribution in [2.45, 2.75) is 39.2 Å². The van der Waals surface area contributed by atoms with Gasteiger partial charge in [-0.3, -0.25) is 9.59 Å². The summed E-state index contributed by atoms with van der Waals surface area (Å²) in [6.07, 6.45) is 5.07. The maximum atomic E-state index is 12.9. The molecule has 4 nitrogen and oxygen atoms in total. The molecule has 0 aromatic carbocycles. The first-order valence-corrected chi connectivity index (χ1v) is 6.15. The number of hydrogen-bond donors (Lipinski definition) is 0. The van der Waals surface area contributed by atoms with Crippen molar-refractivity contribution in [2.24, 2.45) is 0 Å². The van der Waals surface area contributed by atoms with Gasteiger partial charge in [0.25, 0.3) is 5.56 Å². The van der Waals surface area contributed by atoms with Crippen molar-refractivity contribution >= 4 is 5.97 Å². The van der Waals surface area contributed by atoms with Gasteiger partial charge in [0.05, 0.1) is 6.61 Å². The minimum atomic E-state index is -0.551. The Morgan fingerprint density at radius 1 is 1.33 bits per heavy atom. The number of pyridine rings is 1. The monoisotopic (exact) mass is 255 g/mol. The van der Waals surface area contributed by atoms with Crippen LogP contribution in [0.5, 0.6) is 0 Å². The van der Waals surface area contributed by atoms with Crippen LogP contribution in [0.2, 0.25) is 0 Å². The van der Waals surface area contributed by atoms with Crippen molar-refractivity contribution in [3.8, 4) is 0 Å². The Morgan fingerprint density at radius 2 is 2.11 bits per heavy atom. The van der Waals surface area contributed by atoms with Crippen molar-refractivity contribution in [1.29, 1.82) is 0 Å². The molecule has 0 bridgehead atoms. The molecule has 0 amide bonds. The highest BCUT2D eigenvalue weighted by molar-refractivity contribution is 5.69. The highest BCUT2D eigenvalue weighted by atomic mass is 19.1. The smallest absolute Gasteiger partial charge is 0.326 e. The predicted octanol–water partition coefficient (Wildman–Crippen LogP) is 2.11. The van der Waals surface area contributed by atoms with Crippen LogP contribution in [0.1, 0.15) is 32.6 Å². The standard InChI is InChI=1S/C13H18FNO3/c1-2-3-4-5-8-18-13(17)10-15-9-11(14)6-7-12(15)16/h6-7,9H,2-5,8,10H2,1H3. The molecule has 0 aliphatic carbocycles. The van der Waals surface area contributed by atoms with Gasteiger partial charge in [0.15, 0.2) is 0 Å². The van der Waals surface area contributed by atoms with Crippen LogP contribution in [0.4, 0.5) is 4.39 Å². The van der Waals surface area contributed by atoms with Gasteiger partial charge in [-0.15, -0.1) is 0 Å². The lowest BCUT2D eigenvalue weighted by molar-refractivity contribution is -0.144. The number of ether oxygens (including phenoxy) is 1. The van der Waals surface area contributed by atoms with E-state index in [1.165, 1.54) is 0 Å². The summed E-state index contributed by atoms with van der Waals surface area (Å²) >= 11 is 0. The van der Waals surface area contributed by atoms with E-state index in [0.717, 1.165) is 48.6 Å². The van der Waals surface area contributed by atoms with Crippen molar-refractivity contribution in [3.05, 3.63) is 34.5 Å². The second kappa shape index (κ2) is 7.63. The predicted molar refractivity (Wildman–Crippen MR) is 65.8 cm³/mol. The summed E-state index contributed by atoms with van der Waals surface area (Å²) in [5, 5.41) is 0. The molecule has 0 fully saturated rings. The molecule has 0 N–H and O–H groups in total. The number of hydrogen-bond acceptors (Lipinski definition) is 3. The zero-order valence-corrected chi connectivity index (χ0v) is 10.5. The minimum Gasteiger partial charge on any atom is -0.464 e. The fraction of sp³-hybridized carbons (Fsp3) is 0.538. The van der Waals surface area contributed by atoms with Gasteiger partial charge in [-0.1, -0.05) is 26.2 Å². The first-order valence-electron chi connectivity index (χ1n) is 6.15. The van der Waals surface area contributed by atoms with Crippen molar-refractivity contribution in [3.63, 3.8) is 0 Å². The van der Waals surface area contributed by atoms with Gasteiger partial charge in [-0.2, -0.15) is 0 Å². The van der Waals surface area contributed by atoms with Crippen molar-refractivity contribution in [2.75, 3.05) is 6.61 Å². The van der Waals surface area contributed by atoms with Crippen LogP contribution in [0.15, 0.2) is 23.1 Å². The summed E-state index contributed by atoms with van der Waals surface area (Å²) in [6.45, 7) is 2.20. The first-order chi connectivity index (χ1) is 8.63. The van der Waals surface area contributed by atoms with E-state index in [1.54, 1.807) is 0 Å². The molecule has 0 atom stereocenters. The van der Waals surface area contributed by atoms with Crippen LogP contribution < -0.4 is 5.56 Å². The Bertz CT molecular complexity index is 442. The summed E-state index contributed by atoms with van der Waals surface area (Å²) in [4.78, 5) is 22.7. The minimum absolute atomic E-state index is 0.246. The van der Waals surface area contributed by atoms with Gasteiger partial charge in [0, 0.05) is 12.3 Å². The molecule has 0 spiro atoms. The molecule has 5 heteroatoms. The van der Waals surface area contributed by atoms with E-state index in [9.17, 15) is 14.0 Å². The fourth-order valence-corrected chi connectivity index (χ4v) is 1.53. The molecule has 1 aromatic heterocycles. The molecule has 1 aromatic rings. The number of nitrogens with zero attached hydrogens (tertiary/aromatic N) is 1. The molecule has 0 aliphatic rings. The summed E-state index contributed by atoms with van der Waals surface area (Å²) in [5.74, 6) is -1.07. The van der Waals surface area contributed by atoms with E-state index < -0.39 is 17.3 Å². The number of halogens is 1. The molecule has 1 heterocycles. The number of carbonyl (C=O) groups excluding carboxylic acids is 1.